The number of hydrogen-bond acceptors (Lipinski definition) is 2. The Kier molecular flexibility index (Phi) is 2.60. The molecule has 2 aromatic rings. The lowest BCUT2D eigenvalue weighted by Crippen LogP contribution is -1.99. The molecule has 0 amide bonds. The summed E-state index contributed by atoms with van der Waals surface area (Å²) in [5.41, 5.74) is 1.67. The molecule has 0 radical (unpaired) electrons. The van der Waals surface area contributed by atoms with Crippen molar-refractivity contribution < 1.29 is 14.3 Å². The van der Waals surface area contributed by atoms with E-state index in [-0.39, 0.29) is 12.1 Å². The van der Waals surface area contributed by atoms with E-state index < -0.39 is 11.8 Å². The van der Waals surface area contributed by atoms with Gasteiger partial charge in [-0.15, -0.1) is 0 Å². The first-order valence-corrected chi connectivity index (χ1v) is 4.93. The zero-order valence-corrected chi connectivity index (χ0v) is 8.77. The molecular weight excluding hydrogens is 211 g/mol. The van der Waals surface area contributed by atoms with Gasteiger partial charge in [0.1, 0.15) is 0 Å². The van der Waals surface area contributed by atoms with Crippen LogP contribution in [0.4, 0.5) is 4.39 Å². The van der Waals surface area contributed by atoms with Gasteiger partial charge in [0.2, 0.25) is 0 Å². The average molecular weight is 222 g/mol. The molecule has 0 atom stereocenters. The van der Waals surface area contributed by atoms with Crippen LogP contribution in [0.25, 0.3) is 5.65 Å². The number of hydrogen-bond donors (Lipinski definition) is 1. The first kappa shape index (κ1) is 10.6. The monoisotopic (exact) mass is 222 g/mol. The summed E-state index contributed by atoms with van der Waals surface area (Å²) in [7, 11) is 0. The van der Waals surface area contributed by atoms with E-state index in [1.807, 2.05) is 0 Å². The summed E-state index contributed by atoms with van der Waals surface area (Å²) in [4.78, 5) is 14.6. The van der Waals surface area contributed by atoms with E-state index in [1.165, 1.54) is 6.07 Å². The lowest BCUT2D eigenvalue weighted by molar-refractivity contribution is -0.136. The van der Waals surface area contributed by atoms with E-state index in [4.69, 9.17) is 5.11 Å². The average Bonchev–Trinajstić information content (AvgIpc) is 2.55. The molecule has 2 heterocycles. The highest BCUT2D eigenvalue weighted by atomic mass is 19.1. The van der Waals surface area contributed by atoms with E-state index in [9.17, 15) is 9.18 Å². The van der Waals surface area contributed by atoms with Gasteiger partial charge in [-0.3, -0.25) is 4.79 Å². The molecule has 2 aromatic heterocycles. The van der Waals surface area contributed by atoms with Gasteiger partial charge in [0.05, 0.1) is 12.1 Å². The fourth-order valence-electron chi connectivity index (χ4n) is 1.66. The number of aryl methyl sites for hydroxylation is 2. The molecule has 0 unspecified atom stereocenters. The van der Waals surface area contributed by atoms with Crippen LogP contribution in [0.1, 0.15) is 17.8 Å². The van der Waals surface area contributed by atoms with Gasteiger partial charge in [-0.25, -0.2) is 9.37 Å². The number of fused-ring (bicyclic) bond motifs is 1. The van der Waals surface area contributed by atoms with Gasteiger partial charge in [-0.1, -0.05) is 0 Å². The minimum absolute atomic E-state index is 0.00629. The lowest BCUT2D eigenvalue weighted by Gasteiger charge is -1.96. The number of pyridine rings is 1. The third-order valence-electron chi connectivity index (χ3n) is 2.52. The Morgan fingerprint density at radius 2 is 2.38 bits per heavy atom. The number of aliphatic carboxylic acids is 1. The highest BCUT2D eigenvalue weighted by Gasteiger charge is 2.11. The third kappa shape index (κ3) is 1.76. The van der Waals surface area contributed by atoms with Gasteiger partial charge in [-0.2, -0.15) is 0 Å². The molecule has 4 nitrogen and oxygen atoms in total. The molecule has 0 aromatic carbocycles. The molecule has 84 valence electrons. The maximum absolute atomic E-state index is 13.4. The molecule has 0 saturated heterocycles. The maximum atomic E-state index is 13.4. The van der Waals surface area contributed by atoms with Crippen LogP contribution in [-0.2, 0) is 11.2 Å². The number of aromatic nitrogens is 2. The Morgan fingerprint density at radius 3 is 3.00 bits per heavy atom. The molecule has 0 aliphatic rings. The van der Waals surface area contributed by atoms with Crippen LogP contribution >= 0.6 is 0 Å². The molecule has 1 N–H and O–H groups in total. The Morgan fingerprint density at radius 1 is 1.62 bits per heavy atom. The molecule has 2 rings (SSSR count). The van der Waals surface area contributed by atoms with E-state index in [0.29, 0.717) is 12.1 Å². The molecule has 0 aliphatic heterocycles. The van der Waals surface area contributed by atoms with E-state index in [0.717, 1.165) is 5.69 Å². The van der Waals surface area contributed by atoms with Gasteiger partial charge in [0, 0.05) is 18.3 Å². The number of nitrogens with zero attached hydrogens (tertiary/aromatic N) is 2. The van der Waals surface area contributed by atoms with Crippen molar-refractivity contribution in [2.45, 2.75) is 19.8 Å². The largest absolute Gasteiger partial charge is 0.481 e. The fraction of sp³-hybridized carbons (Fsp3) is 0.273. The summed E-state index contributed by atoms with van der Waals surface area (Å²) in [5, 5.41) is 8.59. The summed E-state index contributed by atoms with van der Waals surface area (Å²) in [5.74, 6) is -1.27. The first-order chi connectivity index (χ1) is 7.59. The summed E-state index contributed by atoms with van der Waals surface area (Å²) in [6.45, 7) is 1.80. The van der Waals surface area contributed by atoms with Crippen molar-refractivity contribution in [3.8, 4) is 0 Å². The molecule has 0 bridgehead atoms. The van der Waals surface area contributed by atoms with Crippen LogP contribution in [0.15, 0.2) is 18.3 Å². The van der Waals surface area contributed by atoms with Gasteiger partial charge >= 0.3 is 5.97 Å². The molecular formula is C11H11FN2O2. The van der Waals surface area contributed by atoms with Crippen LogP contribution in [0.2, 0.25) is 0 Å². The molecule has 0 fully saturated rings. The predicted octanol–water partition coefficient (Wildman–Crippen LogP) is 1.80. The second-order valence-electron chi connectivity index (χ2n) is 3.59. The smallest absolute Gasteiger partial charge is 0.303 e. The minimum atomic E-state index is -0.878. The van der Waals surface area contributed by atoms with Crippen LogP contribution in [0.5, 0.6) is 0 Å². The van der Waals surface area contributed by atoms with Crippen molar-refractivity contribution in [2.24, 2.45) is 0 Å². The Balaban J connectivity index is 2.44. The van der Waals surface area contributed by atoms with Crippen molar-refractivity contribution in [2.75, 3.05) is 0 Å². The normalized spacial score (nSPS) is 10.9. The highest BCUT2D eigenvalue weighted by Crippen LogP contribution is 2.15. The second-order valence-corrected chi connectivity index (χ2v) is 3.59. The topological polar surface area (TPSA) is 54.6 Å². The van der Waals surface area contributed by atoms with Crippen LogP contribution in [0.3, 0.4) is 0 Å². The lowest BCUT2D eigenvalue weighted by atomic mass is 10.2. The fourth-order valence-corrected chi connectivity index (χ4v) is 1.66. The maximum Gasteiger partial charge on any atom is 0.303 e. The van der Waals surface area contributed by atoms with Crippen LogP contribution in [-0.4, -0.2) is 20.5 Å². The van der Waals surface area contributed by atoms with Gasteiger partial charge in [0.15, 0.2) is 11.5 Å². The van der Waals surface area contributed by atoms with Crippen molar-refractivity contribution in [1.29, 1.82) is 0 Å². The predicted molar refractivity (Wildman–Crippen MR) is 55.8 cm³/mol. The zero-order chi connectivity index (χ0) is 11.7. The number of halogens is 1. The molecule has 0 spiro atoms. The molecule has 16 heavy (non-hydrogen) atoms. The summed E-state index contributed by atoms with van der Waals surface area (Å²) in [6, 6.07) is 2.93. The standard InChI is InChI=1S/C11H11FN2O2/c1-7-9(4-5-10(15)16)13-11-8(12)3-2-6-14(7)11/h2-3,6H,4-5H2,1H3,(H,15,16). The Hall–Kier alpha value is -1.91. The van der Waals surface area contributed by atoms with Crippen LogP contribution < -0.4 is 0 Å². The minimum Gasteiger partial charge on any atom is -0.481 e. The summed E-state index contributed by atoms with van der Waals surface area (Å²) in [6.07, 6.45) is 2.04. The second kappa shape index (κ2) is 3.92. The number of carbonyl (C=O) groups is 1. The molecule has 0 aliphatic carbocycles. The van der Waals surface area contributed by atoms with E-state index in [2.05, 4.69) is 4.98 Å². The Labute approximate surface area is 91.4 Å². The van der Waals surface area contributed by atoms with Gasteiger partial charge < -0.3 is 9.51 Å². The summed E-state index contributed by atoms with van der Waals surface area (Å²) < 4.78 is 15.0. The highest BCUT2D eigenvalue weighted by molar-refractivity contribution is 5.67. The Bertz CT molecular complexity index is 548. The number of carboxylic acids is 1. The van der Waals surface area contributed by atoms with E-state index >= 15 is 0 Å². The SMILES string of the molecule is Cc1c(CCC(=O)O)nc2c(F)cccn12. The van der Waals surface area contributed by atoms with Gasteiger partial charge in [-0.05, 0) is 19.1 Å². The van der Waals surface area contributed by atoms with E-state index in [1.54, 1.807) is 23.6 Å². The number of rotatable bonds is 3. The number of imidazole rings is 1. The van der Waals surface area contributed by atoms with Crippen molar-refractivity contribution in [3.63, 3.8) is 0 Å². The van der Waals surface area contributed by atoms with Gasteiger partial charge in [0.25, 0.3) is 0 Å². The van der Waals surface area contributed by atoms with Crippen LogP contribution in [0, 0.1) is 12.7 Å². The summed E-state index contributed by atoms with van der Waals surface area (Å²) >= 11 is 0. The molecule has 5 heteroatoms. The third-order valence-corrected chi connectivity index (χ3v) is 2.52. The van der Waals surface area contributed by atoms with Crippen molar-refractivity contribution in [3.05, 3.63) is 35.5 Å². The molecule has 0 saturated carbocycles. The van der Waals surface area contributed by atoms with Crippen molar-refractivity contribution in [1.82, 2.24) is 9.38 Å². The quantitative estimate of drug-likeness (QED) is 0.861. The van der Waals surface area contributed by atoms with Crippen molar-refractivity contribution >= 4 is 11.6 Å². The number of carboxylic acid groups (broad SMARTS) is 1. The first-order valence-electron chi connectivity index (χ1n) is 4.93. The zero-order valence-electron chi connectivity index (χ0n) is 8.77.